The number of hydrogen-bond donors (Lipinski definition) is 1. The van der Waals surface area contributed by atoms with Crippen molar-refractivity contribution in [3.8, 4) is 28.5 Å². The molecule has 1 N–H and O–H groups in total. The molecule has 3 heterocycles. The Bertz CT molecular complexity index is 1520. The van der Waals surface area contributed by atoms with Gasteiger partial charge in [-0.05, 0) is 42.8 Å². The molecule has 178 valence electrons. The van der Waals surface area contributed by atoms with Crippen molar-refractivity contribution in [2.24, 2.45) is 0 Å². The third-order valence-electron chi connectivity index (χ3n) is 5.84. The van der Waals surface area contributed by atoms with Crippen LogP contribution in [0.1, 0.15) is 23.1 Å². The molecule has 36 heavy (non-hydrogen) atoms. The van der Waals surface area contributed by atoms with E-state index >= 15 is 0 Å². The first-order chi connectivity index (χ1) is 17.6. The molecular weight excluding hydrogens is 536 g/mol. The minimum absolute atomic E-state index is 0.417. The smallest absolute Gasteiger partial charge is 0.247 e. The lowest BCUT2D eigenvalue weighted by atomic mass is 10.1. The standard InChI is InChI=1S/C28H21BrN4O2S/c1-17-6-8-18(9-7-17)16-36-28-31-27-25(32-33-28)21-4-2-3-5-22(21)30-26(35-27)24-15-14-23(34-24)19-10-12-20(29)13-11-19/h2-15,26,30H,16H2,1H3/t26-/m0/s1. The lowest BCUT2D eigenvalue weighted by Crippen LogP contribution is -2.16. The third kappa shape index (κ3) is 4.74. The molecule has 0 fully saturated rings. The van der Waals surface area contributed by atoms with Crippen LogP contribution in [0, 0.1) is 6.92 Å². The van der Waals surface area contributed by atoms with Crippen molar-refractivity contribution in [3.63, 3.8) is 0 Å². The maximum atomic E-state index is 6.36. The van der Waals surface area contributed by atoms with Gasteiger partial charge in [-0.3, -0.25) is 0 Å². The summed E-state index contributed by atoms with van der Waals surface area (Å²) in [5.41, 5.74) is 5.77. The van der Waals surface area contributed by atoms with Crippen molar-refractivity contribution in [1.29, 1.82) is 0 Å². The molecule has 1 aliphatic rings. The third-order valence-corrected chi connectivity index (χ3v) is 7.27. The van der Waals surface area contributed by atoms with E-state index in [0.29, 0.717) is 22.5 Å². The molecule has 6 nitrogen and oxygen atoms in total. The number of aryl methyl sites for hydroxylation is 1. The maximum Gasteiger partial charge on any atom is 0.247 e. The number of anilines is 1. The lowest BCUT2D eigenvalue weighted by molar-refractivity contribution is 0.196. The Morgan fingerprint density at radius 2 is 1.72 bits per heavy atom. The summed E-state index contributed by atoms with van der Waals surface area (Å²) >= 11 is 5.01. The van der Waals surface area contributed by atoms with Crippen LogP contribution in [0.4, 0.5) is 5.69 Å². The summed E-state index contributed by atoms with van der Waals surface area (Å²) in [5.74, 6) is 2.56. The van der Waals surface area contributed by atoms with Crippen LogP contribution in [0.25, 0.3) is 22.6 Å². The van der Waals surface area contributed by atoms with Crippen molar-refractivity contribution < 1.29 is 9.15 Å². The zero-order valence-electron chi connectivity index (χ0n) is 19.3. The number of nitrogens with one attached hydrogen (secondary N) is 1. The second kappa shape index (κ2) is 9.79. The van der Waals surface area contributed by atoms with Gasteiger partial charge < -0.3 is 14.5 Å². The molecule has 0 aliphatic carbocycles. The highest BCUT2D eigenvalue weighted by atomic mass is 79.9. The summed E-state index contributed by atoms with van der Waals surface area (Å²) < 4.78 is 13.6. The number of hydrogen-bond acceptors (Lipinski definition) is 7. The number of furan rings is 1. The van der Waals surface area contributed by atoms with Gasteiger partial charge in [0.1, 0.15) is 5.76 Å². The Labute approximate surface area is 221 Å². The van der Waals surface area contributed by atoms with E-state index < -0.39 is 6.23 Å². The second-order valence-corrected chi connectivity index (χ2v) is 10.3. The number of nitrogens with zero attached hydrogens (tertiary/aromatic N) is 3. The molecule has 0 spiro atoms. The lowest BCUT2D eigenvalue weighted by Gasteiger charge is -2.16. The highest BCUT2D eigenvalue weighted by molar-refractivity contribution is 9.10. The molecule has 6 rings (SSSR count). The zero-order chi connectivity index (χ0) is 24.5. The van der Waals surface area contributed by atoms with Crippen LogP contribution in [-0.2, 0) is 5.75 Å². The van der Waals surface area contributed by atoms with Gasteiger partial charge >= 0.3 is 0 Å². The number of rotatable bonds is 5. The Morgan fingerprint density at radius 3 is 2.56 bits per heavy atom. The van der Waals surface area contributed by atoms with Crippen LogP contribution in [-0.4, -0.2) is 15.2 Å². The van der Waals surface area contributed by atoms with E-state index in [-0.39, 0.29) is 0 Å². The quantitative estimate of drug-likeness (QED) is 0.222. The molecular formula is C28H21BrN4O2S. The number of para-hydroxylation sites is 1. The molecule has 0 radical (unpaired) electrons. The van der Waals surface area contributed by atoms with Crippen molar-refractivity contribution in [3.05, 3.63) is 106 Å². The highest BCUT2D eigenvalue weighted by Gasteiger charge is 2.28. The maximum absolute atomic E-state index is 6.36. The van der Waals surface area contributed by atoms with Gasteiger partial charge in [0.05, 0.1) is 0 Å². The second-order valence-electron chi connectivity index (χ2n) is 8.42. The van der Waals surface area contributed by atoms with Crippen LogP contribution in [0.3, 0.4) is 0 Å². The number of thioether (sulfide) groups is 1. The Balaban J connectivity index is 1.31. The van der Waals surface area contributed by atoms with Crippen LogP contribution >= 0.6 is 27.7 Å². The van der Waals surface area contributed by atoms with E-state index in [2.05, 4.69) is 62.6 Å². The van der Waals surface area contributed by atoms with E-state index in [9.17, 15) is 0 Å². The van der Waals surface area contributed by atoms with E-state index in [1.54, 1.807) is 0 Å². The van der Waals surface area contributed by atoms with E-state index in [4.69, 9.17) is 14.1 Å². The molecule has 1 atom stereocenters. The van der Waals surface area contributed by atoms with Crippen LogP contribution in [0.5, 0.6) is 5.88 Å². The van der Waals surface area contributed by atoms with Crippen molar-refractivity contribution in [1.82, 2.24) is 15.2 Å². The van der Waals surface area contributed by atoms with E-state index in [0.717, 1.165) is 32.8 Å². The van der Waals surface area contributed by atoms with Crippen molar-refractivity contribution in [2.75, 3.05) is 5.32 Å². The van der Waals surface area contributed by atoms with Gasteiger partial charge in [-0.15, -0.1) is 10.2 Å². The highest BCUT2D eigenvalue weighted by Crippen LogP contribution is 2.40. The number of ether oxygens (including phenoxy) is 1. The SMILES string of the molecule is Cc1ccc(CSc2nnc3c(n2)O[C@@H](c2ccc(-c4ccc(Br)cc4)o2)Nc2ccccc2-3)cc1. The fourth-order valence-electron chi connectivity index (χ4n) is 3.93. The molecule has 0 saturated carbocycles. The van der Waals surface area contributed by atoms with Crippen LogP contribution < -0.4 is 10.1 Å². The van der Waals surface area contributed by atoms with Gasteiger partial charge in [0.15, 0.2) is 11.5 Å². The van der Waals surface area contributed by atoms with E-state index in [1.165, 1.54) is 22.9 Å². The number of benzene rings is 3. The molecule has 2 aromatic heterocycles. The summed E-state index contributed by atoms with van der Waals surface area (Å²) in [4.78, 5) is 4.74. The van der Waals surface area contributed by atoms with Crippen molar-refractivity contribution >= 4 is 33.4 Å². The minimum atomic E-state index is -0.580. The molecule has 0 bridgehead atoms. The molecule has 1 aliphatic heterocycles. The first-order valence-electron chi connectivity index (χ1n) is 11.4. The number of halogens is 1. The monoisotopic (exact) mass is 556 g/mol. The normalized spacial score (nSPS) is 14.2. The first-order valence-corrected chi connectivity index (χ1v) is 13.2. The summed E-state index contributed by atoms with van der Waals surface area (Å²) in [5, 5.41) is 12.9. The fourth-order valence-corrected chi connectivity index (χ4v) is 4.93. The minimum Gasteiger partial charge on any atom is -0.455 e. The Morgan fingerprint density at radius 1 is 0.917 bits per heavy atom. The molecule has 0 saturated heterocycles. The largest absolute Gasteiger partial charge is 0.455 e. The van der Waals surface area contributed by atoms with Gasteiger partial charge in [-0.2, -0.15) is 4.98 Å². The fraction of sp³-hybridized carbons (Fsp3) is 0.107. The van der Waals surface area contributed by atoms with E-state index in [1.807, 2.05) is 60.7 Å². The first kappa shape index (κ1) is 22.8. The summed E-state index contributed by atoms with van der Waals surface area (Å²) in [6, 6.07) is 28.2. The molecule has 5 aromatic rings. The average molecular weight is 557 g/mol. The predicted molar refractivity (Wildman–Crippen MR) is 145 cm³/mol. The summed E-state index contributed by atoms with van der Waals surface area (Å²) in [6.07, 6.45) is -0.580. The van der Waals surface area contributed by atoms with Gasteiger partial charge in [-0.1, -0.05) is 87.9 Å². The van der Waals surface area contributed by atoms with Gasteiger partial charge in [0, 0.05) is 27.0 Å². The Hall–Kier alpha value is -3.62. The van der Waals surface area contributed by atoms with Crippen LogP contribution in [0.2, 0.25) is 0 Å². The van der Waals surface area contributed by atoms with Crippen molar-refractivity contribution in [2.45, 2.75) is 24.1 Å². The topological polar surface area (TPSA) is 73.1 Å². The van der Waals surface area contributed by atoms with Crippen LogP contribution in [0.15, 0.2) is 99.0 Å². The van der Waals surface area contributed by atoms with Gasteiger partial charge in [0.25, 0.3) is 0 Å². The Kier molecular flexibility index (Phi) is 6.21. The number of fused-ring (bicyclic) bond motifs is 3. The molecule has 0 unspecified atom stereocenters. The summed E-state index contributed by atoms with van der Waals surface area (Å²) in [6.45, 7) is 2.08. The number of aromatic nitrogens is 3. The average Bonchev–Trinajstić information content (AvgIpc) is 3.33. The van der Waals surface area contributed by atoms with Gasteiger partial charge in [0.2, 0.25) is 17.3 Å². The molecule has 3 aromatic carbocycles. The predicted octanol–water partition coefficient (Wildman–Crippen LogP) is 7.66. The molecule has 8 heteroatoms. The van der Waals surface area contributed by atoms with Gasteiger partial charge in [-0.25, -0.2) is 0 Å². The molecule has 0 amide bonds. The zero-order valence-corrected chi connectivity index (χ0v) is 21.7. The summed E-state index contributed by atoms with van der Waals surface area (Å²) in [7, 11) is 0.